The number of hydrogen-bond donors (Lipinski definition) is 1. The standard InChI is InChI=1S/C27H28N4O3S/c1-3-33-23-14-12-22(13-15-23)28-26(32)19-35-27-30-29-25(18-34-24-11-7-8-20(2)16-24)31(27)17-21-9-5-4-6-10-21/h4-16H,3,17-19H2,1-2H3,(H,28,32). The van der Waals surface area contributed by atoms with Crippen LogP contribution in [0, 0.1) is 6.92 Å². The van der Waals surface area contributed by atoms with Gasteiger partial charge in [0, 0.05) is 5.69 Å². The summed E-state index contributed by atoms with van der Waals surface area (Å²) in [6.45, 7) is 5.43. The van der Waals surface area contributed by atoms with E-state index in [-0.39, 0.29) is 18.3 Å². The SMILES string of the molecule is CCOc1ccc(NC(=O)CSc2nnc(COc3cccc(C)c3)n2Cc2ccccc2)cc1. The van der Waals surface area contributed by atoms with E-state index in [0.29, 0.717) is 24.1 Å². The highest BCUT2D eigenvalue weighted by molar-refractivity contribution is 7.99. The monoisotopic (exact) mass is 488 g/mol. The van der Waals surface area contributed by atoms with E-state index in [1.165, 1.54) is 11.8 Å². The van der Waals surface area contributed by atoms with Gasteiger partial charge in [-0.05, 0) is 61.4 Å². The fourth-order valence-electron chi connectivity index (χ4n) is 3.44. The van der Waals surface area contributed by atoms with Crippen LogP contribution in [-0.4, -0.2) is 33.0 Å². The van der Waals surface area contributed by atoms with Gasteiger partial charge in [0.05, 0.1) is 18.9 Å². The number of thioether (sulfide) groups is 1. The Balaban J connectivity index is 1.43. The van der Waals surface area contributed by atoms with Gasteiger partial charge in [-0.3, -0.25) is 9.36 Å². The number of aryl methyl sites for hydroxylation is 1. The fourth-order valence-corrected chi connectivity index (χ4v) is 4.20. The highest BCUT2D eigenvalue weighted by atomic mass is 32.2. The lowest BCUT2D eigenvalue weighted by molar-refractivity contribution is -0.113. The molecule has 180 valence electrons. The number of nitrogens with zero attached hydrogens (tertiary/aromatic N) is 3. The third kappa shape index (κ3) is 7.10. The van der Waals surface area contributed by atoms with Gasteiger partial charge in [-0.1, -0.05) is 54.2 Å². The van der Waals surface area contributed by atoms with Crippen LogP contribution in [0.3, 0.4) is 0 Å². The number of ether oxygens (including phenoxy) is 2. The molecule has 0 saturated heterocycles. The molecule has 1 amide bonds. The van der Waals surface area contributed by atoms with Crippen LogP contribution in [0.15, 0.2) is 84.0 Å². The molecule has 0 spiro atoms. The summed E-state index contributed by atoms with van der Waals surface area (Å²) in [7, 11) is 0. The molecule has 0 bridgehead atoms. The van der Waals surface area contributed by atoms with Gasteiger partial charge < -0.3 is 14.8 Å². The van der Waals surface area contributed by atoms with Gasteiger partial charge in [-0.15, -0.1) is 10.2 Å². The number of nitrogens with one attached hydrogen (secondary N) is 1. The van der Waals surface area contributed by atoms with Crippen LogP contribution in [0.1, 0.15) is 23.9 Å². The van der Waals surface area contributed by atoms with Crippen molar-refractivity contribution in [3.8, 4) is 11.5 Å². The number of hydrogen-bond acceptors (Lipinski definition) is 6. The molecule has 0 radical (unpaired) electrons. The first-order valence-electron chi connectivity index (χ1n) is 11.4. The zero-order valence-electron chi connectivity index (χ0n) is 19.8. The topological polar surface area (TPSA) is 78.3 Å². The Morgan fingerprint density at radius 1 is 0.943 bits per heavy atom. The molecular formula is C27H28N4O3S. The van der Waals surface area contributed by atoms with Crippen LogP contribution in [0.5, 0.6) is 11.5 Å². The molecule has 1 aromatic heterocycles. The fraction of sp³-hybridized carbons (Fsp3) is 0.222. The average molecular weight is 489 g/mol. The van der Waals surface area contributed by atoms with Crippen molar-refractivity contribution in [1.29, 1.82) is 0 Å². The second-order valence-electron chi connectivity index (χ2n) is 7.87. The van der Waals surface area contributed by atoms with Crippen molar-refractivity contribution in [1.82, 2.24) is 14.8 Å². The maximum Gasteiger partial charge on any atom is 0.234 e. The second-order valence-corrected chi connectivity index (χ2v) is 8.81. The Hall–Kier alpha value is -3.78. The summed E-state index contributed by atoms with van der Waals surface area (Å²) in [6.07, 6.45) is 0. The van der Waals surface area contributed by atoms with Crippen LogP contribution >= 0.6 is 11.8 Å². The zero-order chi connectivity index (χ0) is 24.5. The van der Waals surface area contributed by atoms with Crippen molar-refractivity contribution in [2.75, 3.05) is 17.7 Å². The smallest absolute Gasteiger partial charge is 0.234 e. The Labute approximate surface area is 209 Å². The number of aromatic nitrogens is 3. The molecule has 0 saturated carbocycles. The lowest BCUT2D eigenvalue weighted by Gasteiger charge is -2.12. The van der Waals surface area contributed by atoms with Crippen LogP contribution in [0.4, 0.5) is 5.69 Å². The lowest BCUT2D eigenvalue weighted by atomic mass is 10.2. The van der Waals surface area contributed by atoms with E-state index in [9.17, 15) is 4.79 Å². The van der Waals surface area contributed by atoms with Crippen molar-refractivity contribution in [2.24, 2.45) is 0 Å². The summed E-state index contributed by atoms with van der Waals surface area (Å²) in [5.74, 6) is 2.34. The molecule has 3 aromatic carbocycles. The molecule has 1 N–H and O–H groups in total. The summed E-state index contributed by atoms with van der Waals surface area (Å²) in [6, 6.07) is 25.3. The second kappa shape index (κ2) is 12.1. The molecule has 4 aromatic rings. The van der Waals surface area contributed by atoms with Gasteiger partial charge in [0.25, 0.3) is 0 Å². The Morgan fingerprint density at radius 2 is 1.74 bits per heavy atom. The van der Waals surface area contributed by atoms with E-state index in [1.807, 2.05) is 85.1 Å². The van der Waals surface area contributed by atoms with Crippen molar-refractivity contribution in [3.63, 3.8) is 0 Å². The summed E-state index contributed by atoms with van der Waals surface area (Å²) in [4.78, 5) is 12.6. The number of benzene rings is 3. The first-order chi connectivity index (χ1) is 17.1. The minimum absolute atomic E-state index is 0.119. The first kappa shape index (κ1) is 24.3. The quantitative estimate of drug-likeness (QED) is 0.287. The van der Waals surface area contributed by atoms with E-state index in [2.05, 4.69) is 27.6 Å². The predicted octanol–water partition coefficient (Wildman–Crippen LogP) is 5.34. The van der Waals surface area contributed by atoms with Crippen molar-refractivity contribution < 1.29 is 14.3 Å². The Morgan fingerprint density at radius 3 is 2.49 bits per heavy atom. The number of carbonyl (C=O) groups is 1. The van der Waals surface area contributed by atoms with Gasteiger partial charge in [-0.2, -0.15) is 0 Å². The van der Waals surface area contributed by atoms with Crippen molar-refractivity contribution in [2.45, 2.75) is 32.2 Å². The Bertz CT molecular complexity index is 1240. The van der Waals surface area contributed by atoms with Gasteiger partial charge in [-0.25, -0.2) is 0 Å². The van der Waals surface area contributed by atoms with Gasteiger partial charge >= 0.3 is 0 Å². The molecule has 7 nitrogen and oxygen atoms in total. The highest BCUT2D eigenvalue weighted by Gasteiger charge is 2.16. The number of anilines is 1. The van der Waals surface area contributed by atoms with Crippen LogP contribution in [0.25, 0.3) is 0 Å². The number of rotatable bonds is 11. The normalized spacial score (nSPS) is 10.7. The van der Waals surface area contributed by atoms with Crippen molar-refractivity contribution in [3.05, 3.63) is 95.8 Å². The molecule has 4 rings (SSSR count). The van der Waals surface area contributed by atoms with E-state index in [1.54, 1.807) is 0 Å². The predicted molar refractivity (Wildman–Crippen MR) is 138 cm³/mol. The molecule has 0 unspecified atom stereocenters. The van der Waals surface area contributed by atoms with Crippen LogP contribution < -0.4 is 14.8 Å². The molecule has 35 heavy (non-hydrogen) atoms. The largest absolute Gasteiger partial charge is 0.494 e. The lowest BCUT2D eigenvalue weighted by Crippen LogP contribution is -2.15. The highest BCUT2D eigenvalue weighted by Crippen LogP contribution is 2.22. The van der Waals surface area contributed by atoms with Crippen molar-refractivity contribution >= 4 is 23.4 Å². The van der Waals surface area contributed by atoms with Crippen LogP contribution in [0.2, 0.25) is 0 Å². The molecule has 0 fully saturated rings. The molecule has 0 aliphatic rings. The summed E-state index contributed by atoms with van der Waals surface area (Å²) in [5, 5.41) is 12.3. The molecule has 0 atom stereocenters. The minimum Gasteiger partial charge on any atom is -0.494 e. The molecule has 8 heteroatoms. The molecule has 1 heterocycles. The molecule has 0 aliphatic carbocycles. The van der Waals surface area contributed by atoms with E-state index in [0.717, 1.165) is 28.3 Å². The Kier molecular flexibility index (Phi) is 8.40. The average Bonchev–Trinajstić information content (AvgIpc) is 3.25. The van der Waals surface area contributed by atoms with Gasteiger partial charge in [0.15, 0.2) is 11.0 Å². The summed E-state index contributed by atoms with van der Waals surface area (Å²) >= 11 is 1.35. The third-order valence-electron chi connectivity index (χ3n) is 5.12. The third-order valence-corrected chi connectivity index (χ3v) is 6.08. The maximum atomic E-state index is 12.6. The summed E-state index contributed by atoms with van der Waals surface area (Å²) in [5.41, 5.74) is 2.96. The summed E-state index contributed by atoms with van der Waals surface area (Å²) < 4.78 is 13.4. The van der Waals surface area contributed by atoms with Crippen LogP contribution in [-0.2, 0) is 17.9 Å². The number of amides is 1. The van der Waals surface area contributed by atoms with Gasteiger partial charge in [0.1, 0.15) is 18.1 Å². The van der Waals surface area contributed by atoms with E-state index in [4.69, 9.17) is 9.47 Å². The molecule has 0 aliphatic heterocycles. The zero-order valence-corrected chi connectivity index (χ0v) is 20.6. The van der Waals surface area contributed by atoms with E-state index >= 15 is 0 Å². The first-order valence-corrected chi connectivity index (χ1v) is 12.4. The van der Waals surface area contributed by atoms with E-state index < -0.39 is 0 Å². The molecular weight excluding hydrogens is 460 g/mol. The maximum absolute atomic E-state index is 12.6. The minimum atomic E-state index is -0.119. The van der Waals surface area contributed by atoms with Gasteiger partial charge in [0.2, 0.25) is 5.91 Å². The number of carbonyl (C=O) groups excluding carboxylic acids is 1.